The van der Waals surface area contributed by atoms with Crippen molar-refractivity contribution in [1.82, 2.24) is 39.2 Å². The summed E-state index contributed by atoms with van der Waals surface area (Å²) in [5.41, 5.74) is 12.6. The van der Waals surface area contributed by atoms with Gasteiger partial charge in [0.25, 0.3) is 0 Å². The smallest absolute Gasteiger partial charge is 0.337 e. The summed E-state index contributed by atoms with van der Waals surface area (Å²) in [6, 6.07) is 30.0. The number of imidazole rings is 2. The standard InChI is InChI=1S/C25H26N6O2.C14H10BrN3O2.C11H17N3/c1-25(2)10-12-30(16-25)22-9-5-8-21(28-22)27-20-15-19(29-31-13-11-26-23(20)31)17-6-4-7-18(14-17)24(32)33-3;1-20-14(19)10-4-2-3-9(7-10)12-8-11(15)13-16-5-6-18(13)17-12;1-11(2)6-7-14(8-11)10-5-3-4-9(12)13-10/h4-9,11,13-15H,10,12,16H2,1-3H3,(H,27,28);2-8H,1H3;3-5H,6-8H2,1-2H3,(H2,12,13). The molecule has 0 radical (unpaired) electrons. The predicted molar refractivity (Wildman–Crippen MR) is 265 cm³/mol. The Labute approximate surface area is 397 Å². The third kappa shape index (κ3) is 11.0. The monoisotopic (exact) mass is 964 g/mol. The average Bonchev–Trinajstić information content (AvgIpc) is 4.16. The van der Waals surface area contributed by atoms with Crippen LogP contribution in [0.1, 0.15) is 61.3 Å². The molecule has 17 heteroatoms. The molecule has 0 aliphatic carbocycles. The second-order valence-electron chi connectivity index (χ2n) is 18.0. The quantitative estimate of drug-likeness (QED) is 0.137. The summed E-state index contributed by atoms with van der Waals surface area (Å²) >= 11 is 3.47. The van der Waals surface area contributed by atoms with Crippen LogP contribution in [0.25, 0.3) is 33.8 Å². The minimum atomic E-state index is -0.384. The summed E-state index contributed by atoms with van der Waals surface area (Å²) < 4.78 is 13.8. The van der Waals surface area contributed by atoms with Crippen molar-refractivity contribution in [1.29, 1.82) is 0 Å². The van der Waals surface area contributed by atoms with Gasteiger partial charge in [0.15, 0.2) is 11.3 Å². The second-order valence-corrected chi connectivity index (χ2v) is 18.8. The number of hydrogen-bond donors (Lipinski definition) is 2. The molecule has 8 aromatic rings. The number of nitrogens with zero attached hydrogens (tertiary/aromatic N) is 10. The van der Waals surface area contributed by atoms with Crippen LogP contribution in [0.15, 0.2) is 126 Å². The lowest BCUT2D eigenvalue weighted by Crippen LogP contribution is -2.23. The Hall–Kier alpha value is -7.40. The molecule has 3 N–H and O–H groups in total. The zero-order valence-electron chi connectivity index (χ0n) is 38.4. The van der Waals surface area contributed by atoms with Crippen molar-refractivity contribution < 1.29 is 19.1 Å². The zero-order chi connectivity index (χ0) is 47.3. The molecule has 10 rings (SSSR count). The first-order valence-electron chi connectivity index (χ1n) is 21.9. The first-order chi connectivity index (χ1) is 32.2. The van der Waals surface area contributed by atoms with Crippen molar-refractivity contribution in [2.75, 3.05) is 61.2 Å². The lowest BCUT2D eigenvalue weighted by Gasteiger charge is -2.21. The number of nitrogens with one attached hydrogen (secondary N) is 1. The van der Waals surface area contributed by atoms with Crippen LogP contribution in [0.3, 0.4) is 0 Å². The molecule has 2 aliphatic rings. The number of aromatic nitrogens is 8. The van der Waals surface area contributed by atoms with E-state index in [1.54, 1.807) is 64.2 Å². The van der Waals surface area contributed by atoms with E-state index in [0.717, 1.165) is 82.7 Å². The predicted octanol–water partition coefficient (Wildman–Crippen LogP) is 9.40. The van der Waals surface area contributed by atoms with Gasteiger partial charge in [0.05, 0.1) is 46.9 Å². The van der Waals surface area contributed by atoms with Crippen LogP contribution in [0.4, 0.5) is 29.0 Å². The van der Waals surface area contributed by atoms with Crippen molar-refractivity contribution >= 4 is 68.1 Å². The number of carbonyl (C=O) groups is 2. The molecule has 8 heterocycles. The van der Waals surface area contributed by atoms with Gasteiger partial charge in [0.1, 0.15) is 23.3 Å². The number of anilines is 5. The summed E-state index contributed by atoms with van der Waals surface area (Å²) in [5.74, 6) is 2.56. The lowest BCUT2D eigenvalue weighted by molar-refractivity contribution is 0.0592. The van der Waals surface area contributed by atoms with Gasteiger partial charge in [-0.3, -0.25) is 0 Å². The van der Waals surface area contributed by atoms with Crippen molar-refractivity contribution in [3.63, 3.8) is 0 Å². The highest BCUT2D eigenvalue weighted by Crippen LogP contribution is 2.34. The third-order valence-electron chi connectivity index (χ3n) is 11.6. The maximum absolute atomic E-state index is 12.0. The third-order valence-corrected chi connectivity index (χ3v) is 12.2. The number of pyridine rings is 2. The maximum Gasteiger partial charge on any atom is 0.337 e. The van der Waals surface area contributed by atoms with Crippen molar-refractivity contribution in [2.45, 2.75) is 40.5 Å². The summed E-state index contributed by atoms with van der Waals surface area (Å²) in [7, 11) is 2.73. The van der Waals surface area contributed by atoms with Gasteiger partial charge in [-0.1, -0.05) is 64.1 Å². The molecule has 344 valence electrons. The van der Waals surface area contributed by atoms with E-state index in [2.05, 4.69) is 83.9 Å². The molecule has 2 aromatic carbocycles. The highest BCUT2D eigenvalue weighted by atomic mass is 79.9. The molecular weight excluding hydrogens is 913 g/mol. The first kappa shape index (κ1) is 46.1. The fourth-order valence-corrected chi connectivity index (χ4v) is 8.56. The Morgan fingerprint density at radius 1 is 0.657 bits per heavy atom. The van der Waals surface area contributed by atoms with E-state index in [0.29, 0.717) is 39.1 Å². The van der Waals surface area contributed by atoms with Crippen molar-refractivity contribution in [3.05, 3.63) is 137 Å². The van der Waals surface area contributed by atoms with Gasteiger partial charge in [0, 0.05) is 62.1 Å². The number of benzene rings is 2. The molecule has 0 spiro atoms. The van der Waals surface area contributed by atoms with Crippen LogP contribution in [0.5, 0.6) is 0 Å². The number of rotatable bonds is 8. The number of halogens is 1. The first-order valence-corrected chi connectivity index (χ1v) is 22.7. The van der Waals surface area contributed by atoms with Crippen LogP contribution >= 0.6 is 15.9 Å². The number of hydrogen-bond acceptors (Lipinski definition) is 14. The molecular formula is C50H53BrN12O4. The molecule has 0 amide bonds. The molecule has 0 saturated carbocycles. The van der Waals surface area contributed by atoms with E-state index in [4.69, 9.17) is 20.2 Å². The molecule has 0 unspecified atom stereocenters. The van der Waals surface area contributed by atoms with Gasteiger partial charge in [0.2, 0.25) is 0 Å². The van der Waals surface area contributed by atoms with Crippen molar-refractivity contribution in [2.24, 2.45) is 10.8 Å². The number of nitrogens with two attached hydrogens (primary N) is 1. The Kier molecular flexibility index (Phi) is 13.5. The summed E-state index contributed by atoms with van der Waals surface area (Å²) in [5, 5.41) is 12.6. The van der Waals surface area contributed by atoms with Gasteiger partial charge in [-0.2, -0.15) is 10.2 Å². The van der Waals surface area contributed by atoms with Gasteiger partial charge >= 0.3 is 11.9 Å². The highest BCUT2D eigenvalue weighted by Gasteiger charge is 2.31. The van der Waals surface area contributed by atoms with E-state index in [9.17, 15) is 9.59 Å². The van der Waals surface area contributed by atoms with Crippen LogP contribution in [0, 0.1) is 10.8 Å². The van der Waals surface area contributed by atoms with E-state index in [1.807, 2.05) is 66.7 Å². The Bertz CT molecular complexity index is 3060. The minimum absolute atomic E-state index is 0.297. The maximum atomic E-state index is 12.0. The summed E-state index contributed by atoms with van der Waals surface area (Å²) in [6.07, 6.45) is 9.33. The van der Waals surface area contributed by atoms with Gasteiger partial charge < -0.3 is 30.3 Å². The minimum Gasteiger partial charge on any atom is -0.465 e. The molecule has 67 heavy (non-hydrogen) atoms. The lowest BCUT2D eigenvalue weighted by atomic mass is 9.93. The van der Waals surface area contributed by atoms with Crippen molar-refractivity contribution in [3.8, 4) is 22.5 Å². The van der Waals surface area contributed by atoms with Gasteiger partial charge in [-0.15, -0.1) is 0 Å². The van der Waals surface area contributed by atoms with Crippen LogP contribution < -0.4 is 20.9 Å². The molecule has 2 fully saturated rings. The number of carbonyl (C=O) groups excluding carboxylic acids is 2. The highest BCUT2D eigenvalue weighted by molar-refractivity contribution is 9.10. The topological polar surface area (TPSA) is 183 Å². The largest absolute Gasteiger partial charge is 0.465 e. The Morgan fingerprint density at radius 3 is 1.70 bits per heavy atom. The van der Waals surface area contributed by atoms with E-state index < -0.39 is 0 Å². The zero-order valence-corrected chi connectivity index (χ0v) is 39.9. The number of methoxy groups -OCH3 is 2. The Balaban J connectivity index is 0.000000151. The summed E-state index contributed by atoms with van der Waals surface area (Å²) in [6.45, 7) is 13.3. The molecule has 0 bridgehead atoms. The number of ether oxygens (including phenoxy) is 2. The van der Waals surface area contributed by atoms with Crippen LogP contribution in [0.2, 0.25) is 0 Å². The van der Waals surface area contributed by atoms with Crippen LogP contribution in [-0.4, -0.2) is 91.5 Å². The van der Waals surface area contributed by atoms with E-state index in [1.165, 1.54) is 20.6 Å². The van der Waals surface area contributed by atoms with Crippen LogP contribution in [-0.2, 0) is 9.47 Å². The molecule has 2 aliphatic heterocycles. The average molecular weight is 966 g/mol. The van der Waals surface area contributed by atoms with Gasteiger partial charge in [-0.25, -0.2) is 38.6 Å². The summed E-state index contributed by atoms with van der Waals surface area (Å²) in [4.78, 5) is 46.0. The van der Waals surface area contributed by atoms with Gasteiger partial charge in [-0.05, 0) is 100 Å². The second kappa shape index (κ2) is 19.6. The molecule has 2 saturated heterocycles. The van der Waals surface area contributed by atoms with E-state index in [-0.39, 0.29) is 11.9 Å². The number of fused-ring (bicyclic) bond motifs is 2. The fourth-order valence-electron chi connectivity index (χ4n) is 8.05. The fraction of sp³-hybridized carbons (Fsp3) is 0.280. The number of nitrogen functional groups attached to an aromatic ring is 1. The molecule has 6 aromatic heterocycles. The molecule has 16 nitrogen and oxygen atoms in total. The SMILES string of the molecule is CC1(C)CCN(c2cccc(N)n2)C1.COC(=O)c1cccc(-c2cc(Br)c3nccn3n2)c1.COC(=O)c1cccc(-c2cc(Nc3cccc(N4CCC(C)(C)C4)n3)c3nccn3n2)c1. The molecule has 0 atom stereocenters. The normalized spacial score (nSPS) is 14.8. The van der Waals surface area contributed by atoms with E-state index >= 15 is 0 Å². The Morgan fingerprint density at radius 2 is 1.16 bits per heavy atom. The number of esters is 2.